The molecule has 1 aliphatic rings. The minimum absolute atomic E-state index is 0.332. The van der Waals surface area contributed by atoms with Gasteiger partial charge < -0.3 is 10.6 Å². The minimum Gasteiger partial charge on any atom is -0.357 e. The minimum atomic E-state index is -0.692. The molecule has 0 amide bonds. The summed E-state index contributed by atoms with van der Waals surface area (Å²) in [6, 6.07) is 6.88. The van der Waals surface area contributed by atoms with E-state index >= 15 is 0 Å². The third-order valence-corrected chi connectivity index (χ3v) is 6.61. The summed E-state index contributed by atoms with van der Waals surface area (Å²) < 4.78 is 12.1. The molecule has 0 saturated heterocycles. The van der Waals surface area contributed by atoms with Crippen LogP contribution >= 0.6 is 0 Å². The van der Waals surface area contributed by atoms with Crippen molar-refractivity contribution in [3.8, 4) is 0 Å². The molecular formula is C20H33N3OS. The van der Waals surface area contributed by atoms with E-state index in [1.807, 2.05) is 6.92 Å². The molecule has 2 N–H and O–H groups in total. The Morgan fingerprint density at radius 3 is 2.76 bits per heavy atom. The quantitative estimate of drug-likeness (QED) is 0.601. The van der Waals surface area contributed by atoms with Crippen LogP contribution in [0.3, 0.4) is 0 Å². The lowest BCUT2D eigenvalue weighted by molar-refractivity contribution is 0.413. The normalized spacial score (nSPS) is 22.5. The Morgan fingerprint density at radius 1 is 1.28 bits per heavy atom. The van der Waals surface area contributed by atoms with Crippen molar-refractivity contribution in [1.29, 1.82) is 0 Å². The molecule has 1 saturated carbocycles. The highest BCUT2D eigenvalue weighted by Gasteiger charge is 2.26. The van der Waals surface area contributed by atoms with Gasteiger partial charge in [0.15, 0.2) is 5.96 Å². The number of hydrogen-bond acceptors (Lipinski definition) is 2. The van der Waals surface area contributed by atoms with E-state index in [9.17, 15) is 4.21 Å². The molecule has 1 aliphatic carbocycles. The molecule has 0 radical (unpaired) electrons. The highest BCUT2D eigenvalue weighted by molar-refractivity contribution is 7.85. The van der Waals surface area contributed by atoms with Crippen LogP contribution in [0.2, 0.25) is 0 Å². The lowest BCUT2D eigenvalue weighted by atomic mass is 9.95. The monoisotopic (exact) mass is 363 g/mol. The van der Waals surface area contributed by atoms with Crippen LogP contribution in [0.25, 0.3) is 0 Å². The molecule has 0 aliphatic heterocycles. The summed E-state index contributed by atoms with van der Waals surface area (Å²) in [4.78, 5) is 4.78. The van der Waals surface area contributed by atoms with Crippen LogP contribution in [-0.4, -0.2) is 33.8 Å². The molecule has 0 heterocycles. The molecule has 0 aromatic heterocycles. The van der Waals surface area contributed by atoms with Crippen molar-refractivity contribution < 1.29 is 4.21 Å². The second kappa shape index (κ2) is 9.95. The third kappa shape index (κ3) is 6.14. The maximum absolute atomic E-state index is 12.1. The highest BCUT2D eigenvalue weighted by atomic mass is 32.2. The number of benzene rings is 1. The molecule has 4 nitrogen and oxygen atoms in total. The summed E-state index contributed by atoms with van der Waals surface area (Å²) >= 11 is 0. The van der Waals surface area contributed by atoms with E-state index in [-0.39, 0.29) is 0 Å². The van der Waals surface area contributed by atoms with Gasteiger partial charge in [0.05, 0.1) is 6.54 Å². The van der Waals surface area contributed by atoms with Crippen LogP contribution < -0.4 is 10.6 Å². The Bertz CT molecular complexity index is 615. The molecule has 5 heteroatoms. The average Bonchev–Trinajstić information content (AvgIpc) is 2.60. The zero-order valence-corrected chi connectivity index (χ0v) is 16.9. The van der Waals surface area contributed by atoms with Crippen molar-refractivity contribution in [2.24, 2.45) is 4.99 Å². The maximum atomic E-state index is 12.1. The molecule has 3 unspecified atom stereocenters. The van der Waals surface area contributed by atoms with Crippen molar-refractivity contribution in [3.05, 3.63) is 34.9 Å². The van der Waals surface area contributed by atoms with E-state index in [0.29, 0.717) is 17.8 Å². The fraction of sp³-hybridized carbons (Fsp3) is 0.650. The first-order valence-electron chi connectivity index (χ1n) is 9.51. The van der Waals surface area contributed by atoms with Crippen molar-refractivity contribution >= 4 is 16.8 Å². The van der Waals surface area contributed by atoms with Crippen molar-refractivity contribution in [3.63, 3.8) is 0 Å². The number of guanidine groups is 1. The largest absolute Gasteiger partial charge is 0.357 e. The number of nitrogens with one attached hydrogen (secondary N) is 2. The number of aliphatic imine (C=N–C) groups is 1. The SMILES string of the molecule is CCNC(=NCc1ccc(C)cc1C)NC1CCCC(S(=O)CC)C1. The Kier molecular flexibility index (Phi) is 7.94. The Hall–Kier alpha value is -1.36. The molecule has 2 rings (SSSR count). The van der Waals surface area contributed by atoms with Crippen molar-refractivity contribution in [2.75, 3.05) is 12.3 Å². The van der Waals surface area contributed by atoms with Crippen LogP contribution in [0.4, 0.5) is 0 Å². The Balaban J connectivity index is 2.00. The number of hydrogen-bond donors (Lipinski definition) is 2. The standard InChI is InChI=1S/C20H33N3OS/c1-5-21-20(22-14-17-11-10-15(3)12-16(17)4)23-18-8-7-9-19(13-18)25(24)6-2/h10-12,18-19H,5-9,13-14H2,1-4H3,(H2,21,22,23). The molecule has 0 spiro atoms. The average molecular weight is 364 g/mol. The summed E-state index contributed by atoms with van der Waals surface area (Å²) in [5.74, 6) is 1.63. The van der Waals surface area contributed by atoms with Gasteiger partial charge in [-0.3, -0.25) is 4.21 Å². The summed E-state index contributed by atoms with van der Waals surface area (Å²) in [5, 5.41) is 7.26. The number of rotatable bonds is 6. The van der Waals surface area contributed by atoms with E-state index in [0.717, 1.165) is 43.9 Å². The molecular weight excluding hydrogens is 330 g/mol. The second-order valence-electron chi connectivity index (χ2n) is 6.92. The van der Waals surface area contributed by atoms with E-state index < -0.39 is 10.8 Å². The Morgan fingerprint density at radius 2 is 2.08 bits per heavy atom. The fourth-order valence-electron chi connectivity index (χ4n) is 3.45. The smallest absolute Gasteiger partial charge is 0.191 e. The highest BCUT2D eigenvalue weighted by Crippen LogP contribution is 2.23. The first kappa shape index (κ1) is 20.0. The van der Waals surface area contributed by atoms with Gasteiger partial charge in [-0.15, -0.1) is 0 Å². The van der Waals surface area contributed by atoms with Crippen LogP contribution in [0, 0.1) is 13.8 Å². The summed E-state index contributed by atoms with van der Waals surface area (Å²) in [6.07, 6.45) is 4.35. The van der Waals surface area contributed by atoms with E-state index in [1.165, 1.54) is 16.7 Å². The van der Waals surface area contributed by atoms with Gasteiger partial charge in [0.25, 0.3) is 0 Å². The topological polar surface area (TPSA) is 53.5 Å². The van der Waals surface area contributed by atoms with Gasteiger partial charge in [-0.2, -0.15) is 0 Å². The molecule has 1 fully saturated rings. The van der Waals surface area contributed by atoms with Gasteiger partial charge in [-0.1, -0.05) is 37.1 Å². The van der Waals surface area contributed by atoms with Gasteiger partial charge in [-0.05, 0) is 51.2 Å². The molecule has 3 atom stereocenters. The van der Waals surface area contributed by atoms with Gasteiger partial charge in [0.2, 0.25) is 0 Å². The molecule has 140 valence electrons. The van der Waals surface area contributed by atoms with Crippen molar-refractivity contribution in [2.45, 2.75) is 71.2 Å². The predicted molar refractivity (Wildman–Crippen MR) is 109 cm³/mol. The van der Waals surface area contributed by atoms with Crippen LogP contribution in [0.1, 0.15) is 56.2 Å². The summed E-state index contributed by atoms with van der Waals surface area (Å²) in [5.41, 5.74) is 3.83. The van der Waals surface area contributed by atoms with Gasteiger partial charge >= 0.3 is 0 Å². The van der Waals surface area contributed by atoms with Gasteiger partial charge in [0, 0.05) is 34.4 Å². The zero-order chi connectivity index (χ0) is 18.2. The second-order valence-corrected chi connectivity index (χ2v) is 8.93. The first-order valence-corrected chi connectivity index (χ1v) is 10.9. The maximum Gasteiger partial charge on any atom is 0.191 e. The van der Waals surface area contributed by atoms with Crippen LogP contribution in [0.5, 0.6) is 0 Å². The van der Waals surface area contributed by atoms with E-state index in [4.69, 9.17) is 4.99 Å². The van der Waals surface area contributed by atoms with Crippen LogP contribution in [-0.2, 0) is 17.3 Å². The predicted octanol–water partition coefficient (Wildman–Crippen LogP) is 3.44. The van der Waals surface area contributed by atoms with E-state index in [1.54, 1.807) is 0 Å². The molecule has 0 bridgehead atoms. The number of nitrogens with zero attached hydrogens (tertiary/aromatic N) is 1. The third-order valence-electron chi connectivity index (χ3n) is 4.87. The van der Waals surface area contributed by atoms with Gasteiger partial charge in [-0.25, -0.2) is 4.99 Å². The zero-order valence-electron chi connectivity index (χ0n) is 16.1. The van der Waals surface area contributed by atoms with E-state index in [2.05, 4.69) is 49.6 Å². The molecule has 25 heavy (non-hydrogen) atoms. The fourth-order valence-corrected chi connectivity index (χ4v) is 4.80. The first-order chi connectivity index (χ1) is 12.0. The molecule has 1 aromatic rings. The Labute approximate surface area is 155 Å². The lowest BCUT2D eigenvalue weighted by Crippen LogP contribution is -2.46. The van der Waals surface area contributed by atoms with Crippen molar-refractivity contribution in [1.82, 2.24) is 10.6 Å². The van der Waals surface area contributed by atoms with Gasteiger partial charge in [0.1, 0.15) is 0 Å². The summed E-state index contributed by atoms with van der Waals surface area (Å²) in [6.45, 7) is 9.89. The summed E-state index contributed by atoms with van der Waals surface area (Å²) in [7, 11) is -0.692. The number of aryl methyl sites for hydroxylation is 2. The lowest BCUT2D eigenvalue weighted by Gasteiger charge is -2.30. The molecule has 1 aromatic carbocycles. The van der Waals surface area contributed by atoms with Crippen LogP contribution in [0.15, 0.2) is 23.2 Å².